The van der Waals surface area contributed by atoms with E-state index in [1.807, 2.05) is 49.6 Å². The van der Waals surface area contributed by atoms with Crippen LogP contribution in [-0.2, 0) is 41.8 Å². The number of rotatable bonds is 6. The molecule has 9 aromatic carbocycles. The van der Waals surface area contributed by atoms with Crippen molar-refractivity contribution in [2.75, 3.05) is 9.80 Å². The van der Waals surface area contributed by atoms with E-state index < -0.39 is 0 Å². The summed E-state index contributed by atoms with van der Waals surface area (Å²) in [6, 6.07) is 65.1. The van der Waals surface area contributed by atoms with Crippen LogP contribution in [-0.4, -0.2) is 21.2 Å². The minimum atomic E-state index is -0.275. The van der Waals surface area contributed by atoms with Crippen LogP contribution < -0.4 is 26.2 Å². The third-order valence-corrected chi connectivity index (χ3v) is 21.6. The molecule has 0 unspecified atom stereocenters. The van der Waals surface area contributed by atoms with Crippen molar-refractivity contribution < 1.29 is 24.5 Å². The Labute approximate surface area is 579 Å². The number of hydrogen-bond donors (Lipinski definition) is 0. The van der Waals surface area contributed by atoms with Gasteiger partial charge in [0.1, 0.15) is 0 Å². The molecule has 1 radical (unpaired) electrons. The molecule has 2 aromatic heterocycles. The van der Waals surface area contributed by atoms with Crippen LogP contribution in [0.4, 0.5) is 38.5 Å². The molecule has 94 heavy (non-hydrogen) atoms. The number of anilines is 6. The van der Waals surface area contributed by atoms with Crippen molar-refractivity contribution in [3.63, 3.8) is 0 Å². The van der Waals surface area contributed by atoms with E-state index in [2.05, 4.69) is 276 Å². The van der Waals surface area contributed by atoms with Crippen molar-refractivity contribution in [3.05, 3.63) is 226 Å². The van der Waals surface area contributed by atoms with Crippen LogP contribution in [0.3, 0.4) is 0 Å². The molecule has 11 aromatic rings. The van der Waals surface area contributed by atoms with Crippen LogP contribution in [0.2, 0.25) is 0 Å². The molecule has 477 valence electrons. The molecular weight excluding hydrogens is 1370 g/mol. The molecule has 15 rings (SSSR count). The van der Waals surface area contributed by atoms with Gasteiger partial charge in [-0.2, -0.15) is 0 Å². The Morgan fingerprint density at radius 1 is 0.479 bits per heavy atom. The zero-order chi connectivity index (χ0) is 65.7. The monoisotopic (exact) mass is 1450 g/mol. The molecule has 4 aliphatic rings. The predicted octanol–water partition coefficient (Wildman–Crippen LogP) is 21.9. The molecule has 6 heterocycles. The summed E-state index contributed by atoms with van der Waals surface area (Å²) >= 11 is 3.92. The van der Waals surface area contributed by atoms with Gasteiger partial charge in [0, 0.05) is 68.8 Å². The third kappa shape index (κ3) is 11.3. The molecule has 0 aliphatic carbocycles. The van der Waals surface area contributed by atoms with Crippen LogP contribution >= 0.6 is 23.5 Å². The van der Waals surface area contributed by atoms with E-state index in [0.717, 1.165) is 50.4 Å². The van der Waals surface area contributed by atoms with Crippen molar-refractivity contribution in [1.82, 2.24) is 14.5 Å². The van der Waals surface area contributed by atoms with Crippen molar-refractivity contribution >= 4 is 91.8 Å². The van der Waals surface area contributed by atoms with Gasteiger partial charge in [-0.05, 0) is 169 Å². The van der Waals surface area contributed by atoms with E-state index in [-0.39, 0.29) is 54.3 Å². The Hall–Kier alpha value is -7.46. The first kappa shape index (κ1) is 65.2. The van der Waals surface area contributed by atoms with E-state index in [4.69, 9.17) is 4.98 Å². The van der Waals surface area contributed by atoms with E-state index in [1.54, 1.807) is 6.07 Å². The normalized spacial score (nSPS) is 13.6. The van der Waals surface area contributed by atoms with Crippen LogP contribution in [0, 0.1) is 31.8 Å². The second-order valence-corrected chi connectivity index (χ2v) is 33.0. The van der Waals surface area contributed by atoms with Gasteiger partial charge in [-0.3, -0.25) is 9.37 Å². The molecule has 0 spiro atoms. The topological polar surface area (TPSA) is 37.2 Å². The van der Waals surface area contributed by atoms with E-state index in [9.17, 15) is 4.39 Å². The Balaban J connectivity index is 0.000000441. The Morgan fingerprint density at radius 2 is 0.989 bits per heavy atom. The smallest absolute Gasteiger partial charge is 0.252 e. The summed E-state index contributed by atoms with van der Waals surface area (Å²) in [4.78, 5) is 20.3. The Morgan fingerprint density at radius 3 is 1.47 bits per heavy atom. The van der Waals surface area contributed by atoms with E-state index in [1.165, 1.54) is 127 Å². The van der Waals surface area contributed by atoms with Crippen LogP contribution in [0.15, 0.2) is 184 Å². The molecule has 0 saturated carbocycles. The maximum atomic E-state index is 12.7. The zero-order valence-corrected chi connectivity index (χ0v) is 61.6. The van der Waals surface area contributed by atoms with Gasteiger partial charge in [-0.25, -0.2) is 0 Å². The van der Waals surface area contributed by atoms with Crippen LogP contribution in [0.25, 0.3) is 50.5 Å². The fourth-order valence-corrected chi connectivity index (χ4v) is 16.2. The zero-order valence-electron chi connectivity index (χ0n) is 57.6. The number of fused-ring (bicyclic) bond motifs is 9. The first-order chi connectivity index (χ1) is 44.0. The van der Waals surface area contributed by atoms with Gasteiger partial charge in [0.15, 0.2) is 0 Å². The third-order valence-electron chi connectivity index (χ3n) is 19.4. The number of imidazole rings is 1. The molecule has 10 heteroatoms. The molecule has 4 aliphatic heterocycles. The van der Waals surface area contributed by atoms with Gasteiger partial charge in [-0.1, -0.05) is 212 Å². The summed E-state index contributed by atoms with van der Waals surface area (Å²) in [6.07, 6.45) is 1.82. The summed E-state index contributed by atoms with van der Waals surface area (Å²) in [5.41, 5.74) is 30.3. The number of halogens is 1. The number of aryl methyl sites for hydroxylation is 2. The summed E-state index contributed by atoms with van der Waals surface area (Å²) in [5.74, 6) is 1.29. The van der Waals surface area contributed by atoms with Crippen LogP contribution in [0.1, 0.15) is 167 Å². The van der Waals surface area contributed by atoms with Gasteiger partial charge in [0.2, 0.25) is 0 Å². The number of para-hydroxylation sites is 3. The number of hydrogen-bond acceptors (Lipinski definition) is 6. The number of aromatic nitrogens is 3. The number of pyridine rings is 1. The Kier molecular flexibility index (Phi) is 16.5. The Bertz CT molecular complexity index is 4650. The molecule has 0 bridgehead atoms. The van der Waals surface area contributed by atoms with Gasteiger partial charge >= 0.3 is 0 Å². The molecule has 0 atom stereocenters. The maximum absolute atomic E-state index is 12.7. The molecule has 0 fully saturated rings. The van der Waals surface area contributed by atoms with Gasteiger partial charge < -0.3 is 19.4 Å². The average molecular weight is 1450 g/mol. The van der Waals surface area contributed by atoms with Crippen molar-refractivity contribution in [1.29, 1.82) is 0 Å². The second-order valence-electron chi connectivity index (χ2n) is 30.8. The first-order valence-electron chi connectivity index (χ1n) is 33.1. The van der Waals surface area contributed by atoms with Crippen molar-refractivity contribution in [3.8, 4) is 39.5 Å². The standard InChI is InChI=1S/C71H72BN4S2.C13H11FN.Ir/c1-40(2)49-20-19-21-50(41(3)4)64(49)76-54-23-18-17-22-53(54)73-67(76)43-26-24-42(25-27-43)44-32-57-63-58(33-44)75-56-31-29-46(69(8,9)10)37-60(56)78-62-39-48(71(14,15)16)35-52(66(62)75)72(63)51-34-47(70(11,12)13)38-61-65(51)74(57)55-30-28-45(68(5,6)7)36-59(55)77-61;1-9-7-13(15-8-10(9)2)11-3-5-12(14)6-4-11;/h17-26,28-41H,1-16H3;3,5-8H,1-2H3;/q2*-1;. The fraction of sp³-hybridized carbons (Fsp3) is 0.286. The van der Waals surface area contributed by atoms with Crippen LogP contribution in [0.5, 0.6) is 0 Å². The van der Waals surface area contributed by atoms with Gasteiger partial charge in [0.05, 0.1) is 39.6 Å². The summed E-state index contributed by atoms with van der Waals surface area (Å²) in [5, 5.41) is 0. The maximum Gasteiger partial charge on any atom is 0.252 e. The summed E-state index contributed by atoms with van der Waals surface area (Å²) in [6.45, 7) is 41.5. The fourth-order valence-electron chi connectivity index (χ4n) is 13.9. The molecule has 0 amide bonds. The first-order valence-corrected chi connectivity index (χ1v) is 34.7. The molecule has 0 saturated heterocycles. The predicted molar refractivity (Wildman–Crippen MR) is 394 cm³/mol. The van der Waals surface area contributed by atoms with E-state index >= 15 is 0 Å². The molecule has 5 nitrogen and oxygen atoms in total. The van der Waals surface area contributed by atoms with Gasteiger partial charge in [-0.15, -0.1) is 59.7 Å². The summed E-state index contributed by atoms with van der Waals surface area (Å²) in [7, 11) is 0. The SMILES string of the molecule is CC(C)c1cccc(C(C)C)c1-n1c(-c2[c-]cc(-c3cc4c5c(c3)N3c6ccc(C(C)(C)C)cc6Sc6cc(C(C)(C)C)cc(c63)B5c3cc(C(C)(C)C)cc5c3N4c3ccc(C(C)(C)C)cc3S5)cc2)nc2ccccc21.Cc1cnc(-c2[c-]cc(F)cc2)cc1C.[Ir]. The second kappa shape index (κ2) is 23.7. The van der Waals surface area contributed by atoms with Crippen molar-refractivity contribution in [2.45, 2.75) is 178 Å². The van der Waals surface area contributed by atoms with Crippen molar-refractivity contribution in [2.24, 2.45) is 0 Å². The average Bonchev–Trinajstić information content (AvgIpc) is 0.770. The molecular formula is C84H83BFIrN5S2-2. The quantitative estimate of drug-likeness (QED) is 0.122. The molecule has 0 N–H and O–H groups in total. The minimum absolute atomic E-state index is 0. The number of benzene rings is 9. The largest absolute Gasteiger partial charge is 0.333 e. The number of nitrogens with zero attached hydrogens (tertiary/aromatic N) is 5. The van der Waals surface area contributed by atoms with Gasteiger partial charge in [0.25, 0.3) is 6.71 Å². The minimum Gasteiger partial charge on any atom is -0.333 e. The summed E-state index contributed by atoms with van der Waals surface area (Å²) < 4.78 is 15.1. The van der Waals surface area contributed by atoms with E-state index in [0.29, 0.717) is 11.8 Å².